The van der Waals surface area contributed by atoms with Crippen LogP contribution in [-0.4, -0.2) is 95.5 Å². The number of methoxy groups -OCH3 is 1. The maximum atomic E-state index is 13.5. The molecule has 0 aliphatic carbocycles. The highest BCUT2D eigenvalue weighted by atomic mass is 35.5. The number of carbonyl (C=O) groups excluding carboxylic acids is 8. The number of para-hydroxylation sites is 1. The molecule has 1 aliphatic rings. The minimum atomic E-state index is -0.809. The van der Waals surface area contributed by atoms with E-state index in [1.54, 1.807) is 49.6 Å². The zero-order valence-corrected chi connectivity index (χ0v) is 81.0. The first-order valence-electron chi connectivity index (χ1n) is 47.5. The Morgan fingerprint density at radius 2 is 0.770 bits per heavy atom. The lowest BCUT2D eigenvalue weighted by atomic mass is 9.88. The predicted molar refractivity (Wildman–Crippen MR) is 560 cm³/mol. The number of nitrogens with zero attached hydrogens (tertiary/aromatic N) is 2. The van der Waals surface area contributed by atoms with Gasteiger partial charge in [0.15, 0.2) is 17.3 Å². The van der Waals surface area contributed by atoms with Crippen LogP contribution in [-0.2, 0) is 71.3 Å². The summed E-state index contributed by atoms with van der Waals surface area (Å²) >= 11 is 18.1. The van der Waals surface area contributed by atoms with Crippen molar-refractivity contribution >= 4 is 120 Å². The van der Waals surface area contributed by atoms with Crippen molar-refractivity contribution < 1.29 is 47.5 Å². The molecule has 0 bridgehead atoms. The molecule has 20 heteroatoms. The number of nitrogens with one attached hydrogen (secondary N) is 5. The summed E-state index contributed by atoms with van der Waals surface area (Å²) in [6.07, 6.45) is 13.5. The highest BCUT2D eigenvalue weighted by Crippen LogP contribution is 2.30. The van der Waals surface area contributed by atoms with Crippen LogP contribution in [0.25, 0.3) is 32.4 Å². The summed E-state index contributed by atoms with van der Waals surface area (Å²) < 4.78 is 20.6. The van der Waals surface area contributed by atoms with E-state index in [2.05, 4.69) is 80.1 Å². The molecule has 0 spiro atoms. The fourth-order valence-electron chi connectivity index (χ4n) is 17.1. The van der Waals surface area contributed by atoms with Crippen LogP contribution in [0.3, 0.4) is 0 Å². The molecule has 0 radical (unpaired) electrons. The lowest BCUT2D eigenvalue weighted by Crippen LogP contribution is -2.49. The number of aliphatic imine (C=N–C) groups is 1. The Labute approximate surface area is 828 Å². The summed E-state index contributed by atoms with van der Waals surface area (Å²) in [6.45, 7) is 4.92. The molecule has 14 aromatic carbocycles. The van der Waals surface area contributed by atoms with E-state index in [-0.39, 0.29) is 64.5 Å². The molecule has 1 aliphatic heterocycles. The Morgan fingerprint density at radius 1 is 0.374 bits per heavy atom. The van der Waals surface area contributed by atoms with E-state index >= 15 is 0 Å². The third-order valence-corrected chi connectivity index (χ3v) is 26.0. The Balaban J connectivity index is 0.000000156. The molecule has 16 nitrogen and oxygen atoms in total. The number of carbonyl (C=O) groups is 8. The highest BCUT2D eigenvalue weighted by molar-refractivity contribution is 6.31. The average Bonchev–Trinajstić information content (AvgIpc) is 1.69. The topological polar surface area (TPSA) is 223 Å². The number of hydrogen-bond acceptors (Lipinski definition) is 10. The van der Waals surface area contributed by atoms with Gasteiger partial charge in [-0.3, -0.25) is 43.3 Å². The summed E-state index contributed by atoms with van der Waals surface area (Å²) in [4.78, 5) is 110. The van der Waals surface area contributed by atoms with Gasteiger partial charge < -0.3 is 35.9 Å². The maximum absolute atomic E-state index is 13.5. The van der Waals surface area contributed by atoms with Crippen molar-refractivity contribution in [2.75, 3.05) is 13.7 Å². The second-order valence-corrected chi connectivity index (χ2v) is 36.5. The van der Waals surface area contributed by atoms with Gasteiger partial charge in [0.1, 0.15) is 23.3 Å². The molecule has 2 unspecified atom stereocenters. The van der Waals surface area contributed by atoms with Crippen molar-refractivity contribution in [3.05, 3.63) is 445 Å². The van der Waals surface area contributed by atoms with Crippen LogP contribution in [0.5, 0.6) is 5.75 Å². The molecule has 710 valence electrons. The molecule has 6 atom stereocenters. The number of halogens is 4. The second-order valence-electron chi connectivity index (χ2n) is 35.2. The first-order chi connectivity index (χ1) is 67.5. The van der Waals surface area contributed by atoms with Gasteiger partial charge in [0.25, 0.3) is 23.6 Å². The molecule has 0 fully saturated rings. The number of ketones is 3. The van der Waals surface area contributed by atoms with E-state index in [0.717, 1.165) is 142 Å². The van der Waals surface area contributed by atoms with Crippen LogP contribution in [0.2, 0.25) is 15.1 Å². The Kier molecular flexibility index (Phi) is 38.5. The molecule has 5 amide bonds. The number of Topliss-reactive ketones (excluding diaryl/α,β-unsaturated/α-hetero) is 3. The molecule has 2 heterocycles. The third kappa shape index (κ3) is 30.9. The maximum Gasteiger partial charge on any atom is 0.268 e. The van der Waals surface area contributed by atoms with Gasteiger partial charge in [0.2, 0.25) is 5.91 Å². The highest BCUT2D eigenvalue weighted by Gasteiger charge is 2.32. The van der Waals surface area contributed by atoms with Crippen molar-refractivity contribution in [1.82, 2.24) is 31.2 Å². The number of benzene rings is 14. The molecule has 15 aromatic rings. The number of aromatic nitrogens is 1. The number of unbranched alkanes of at least 4 members (excludes halogenated alkanes) is 3. The average molecular weight is 1910 g/mol. The summed E-state index contributed by atoms with van der Waals surface area (Å²) in [7, 11) is 3.50. The Bertz CT molecular complexity index is 6650. The molecule has 0 saturated carbocycles. The van der Waals surface area contributed by atoms with Crippen LogP contribution in [0, 0.1) is 5.82 Å². The smallest absolute Gasteiger partial charge is 0.268 e. The fourth-order valence-corrected chi connectivity index (χ4v) is 17.5. The van der Waals surface area contributed by atoms with Crippen LogP contribution < -0.4 is 31.3 Å². The summed E-state index contributed by atoms with van der Waals surface area (Å²) in [6, 6.07) is 106. The van der Waals surface area contributed by atoms with Gasteiger partial charge in [-0.15, -0.1) is 0 Å². The molecular weight excluding hydrogens is 1800 g/mol. The Hall–Kier alpha value is -14.2. The van der Waals surface area contributed by atoms with Gasteiger partial charge in [0.05, 0.1) is 31.8 Å². The fraction of sp³-hybridized carbons (Fsp3) is 0.235. The van der Waals surface area contributed by atoms with Crippen LogP contribution >= 0.6 is 34.8 Å². The van der Waals surface area contributed by atoms with Gasteiger partial charge in [-0.05, 0) is 270 Å². The largest absolute Gasteiger partial charge is 0.497 e. The molecule has 139 heavy (non-hydrogen) atoms. The first kappa shape index (κ1) is 102. The zero-order valence-electron chi connectivity index (χ0n) is 78.8. The van der Waals surface area contributed by atoms with Gasteiger partial charge in [0, 0.05) is 93.6 Å². The number of ether oxygens (including phenoxy) is 1. The summed E-state index contributed by atoms with van der Waals surface area (Å²) in [5.74, 6) is -1.30. The molecular formula is C119H117Cl3FN7O9. The zero-order chi connectivity index (χ0) is 97.8. The van der Waals surface area contributed by atoms with Gasteiger partial charge in [-0.1, -0.05) is 285 Å². The second kappa shape index (κ2) is 52.4. The van der Waals surface area contributed by atoms with Gasteiger partial charge in [-0.2, -0.15) is 0 Å². The van der Waals surface area contributed by atoms with Crippen molar-refractivity contribution in [2.24, 2.45) is 12.0 Å². The SMILES string of the molecule is CC(c1ccc(Cl)cc1)[C@H](NC(=O)c1ccc2c(c1)CN=C2)C(=O)CCCCc1ccccc1.CC(c1ccc(F)cc1)[C@H](NC(=O)c1ccc2ccccc2c1)C(=O)NCCCc1ccccc1.COc1ccc2cc(C(=O)N[C@@H](Cc3ccc(Cl)cc3)C(=O)CCCCc3ccccc3)ccc2c1.Cn1c(C(=O)N[C@@H](Cc2ccc(Cl)cc2)C(=O)CCCCc2ccccc2)cc2ccccc21. The molecule has 1 aromatic heterocycles. The van der Waals surface area contributed by atoms with E-state index in [1.165, 1.54) is 34.4 Å². The van der Waals surface area contributed by atoms with E-state index in [0.29, 0.717) is 82.6 Å². The number of rotatable bonds is 40. The van der Waals surface area contributed by atoms with Gasteiger partial charge >= 0.3 is 0 Å². The predicted octanol–water partition coefficient (Wildman–Crippen LogP) is 24.8. The minimum Gasteiger partial charge on any atom is -0.497 e. The lowest BCUT2D eigenvalue weighted by molar-refractivity contribution is -0.123. The molecule has 16 rings (SSSR count). The number of hydrogen-bond donors (Lipinski definition) is 5. The van der Waals surface area contributed by atoms with Crippen LogP contribution in [0.15, 0.2) is 351 Å². The minimum absolute atomic E-state index is 0.0388. The quantitative estimate of drug-likeness (QED) is 0.0230. The van der Waals surface area contributed by atoms with Crippen molar-refractivity contribution in [1.29, 1.82) is 0 Å². The first-order valence-corrected chi connectivity index (χ1v) is 48.7. The van der Waals surface area contributed by atoms with E-state index in [4.69, 9.17) is 39.5 Å². The summed E-state index contributed by atoms with van der Waals surface area (Å²) in [5, 5.41) is 21.8. The third-order valence-electron chi connectivity index (χ3n) is 25.2. The summed E-state index contributed by atoms with van der Waals surface area (Å²) in [5.41, 5.74) is 13.8. The Morgan fingerprint density at radius 3 is 1.28 bits per heavy atom. The monoisotopic (exact) mass is 1910 g/mol. The standard InChI is InChI=1S/C31H30ClNO3.C30H29FN2O2.2C29H29ClN2O2/c1-36-28-18-15-24-20-26(14-13-25(24)21-28)31(35)33-29(19-23-11-16-27(32)17-12-23)30(34)10-6-5-9-22-7-3-2-4-8-22;1-21(23-15-17-27(31)18-16-23)28(30(35)32-19-7-10-22-8-3-2-4-9-22)33-29(34)26-14-13-24-11-5-6-12-25(24)20-26;1-32-26-13-7-6-12-23(26)20-27(32)29(34)31-25(19-22-15-17-24(30)18-16-22)28(33)14-8-5-11-21-9-3-2-4-10-21;1-20(22-13-15-26(30)16-14-22)28(27(33)10-6-5-9-21-7-3-2-4-8-21)32-29(34)23-11-12-24-18-31-19-25(24)17-23/h2-4,7-8,11-18,20-21,29H,5-6,9-10,19H2,1H3,(H,33,35);2-6,8-9,11-18,20-21,28H,7,10,19H2,1H3,(H,32,35)(H,33,34);2-4,6-7,9-10,12-13,15-18,20,25H,5,8,11,14,19H2,1H3,(H,31,34);2-4,7-8,11-18,20,28H,5-6,9-10,19H2,1H3,(H,32,34)/t29-;21?,28-;25-;20?,28-/m0000/s1. The van der Waals surface area contributed by atoms with Crippen LogP contribution in [0.4, 0.5) is 4.39 Å². The van der Waals surface area contributed by atoms with Crippen molar-refractivity contribution in [3.8, 4) is 5.75 Å². The van der Waals surface area contributed by atoms with E-state index in [9.17, 15) is 42.7 Å². The lowest BCUT2D eigenvalue weighted by Gasteiger charge is -2.25. The number of amides is 5. The van der Waals surface area contributed by atoms with Gasteiger partial charge in [-0.25, -0.2) is 4.39 Å². The van der Waals surface area contributed by atoms with Crippen molar-refractivity contribution in [2.45, 2.75) is 159 Å². The molecule has 0 saturated heterocycles. The van der Waals surface area contributed by atoms with E-state index in [1.807, 2.05) is 274 Å². The number of fused-ring (bicyclic) bond motifs is 4. The van der Waals surface area contributed by atoms with Crippen LogP contribution in [0.1, 0.15) is 187 Å². The molecule has 5 N–H and O–H groups in total. The van der Waals surface area contributed by atoms with Crippen molar-refractivity contribution in [3.63, 3.8) is 0 Å². The normalized spacial score (nSPS) is 12.5. The number of aryl methyl sites for hydroxylation is 5. The van der Waals surface area contributed by atoms with E-state index < -0.39 is 24.2 Å².